The summed E-state index contributed by atoms with van der Waals surface area (Å²) in [5, 5.41) is 2.02. The monoisotopic (exact) mass is 166 g/mol. The summed E-state index contributed by atoms with van der Waals surface area (Å²) in [6.45, 7) is 5.75. The molecule has 0 fully saturated rings. The molecular formula is C6H14O2Ti. The summed E-state index contributed by atoms with van der Waals surface area (Å²) in [6.07, 6.45) is 0. The molecule has 0 bridgehead atoms. The number of allylic oxidation sites excluding steroid dienone is 1. The van der Waals surface area contributed by atoms with Gasteiger partial charge in [0, 0.05) is 0 Å². The van der Waals surface area contributed by atoms with Gasteiger partial charge in [-0.25, -0.2) is 0 Å². The quantitative estimate of drug-likeness (QED) is 0.595. The molecule has 0 unspecified atom stereocenters. The number of rotatable bonds is 3. The van der Waals surface area contributed by atoms with Crippen molar-refractivity contribution < 1.29 is 24.0 Å². The molecule has 0 radical (unpaired) electrons. The van der Waals surface area contributed by atoms with E-state index in [1.54, 1.807) is 14.2 Å². The fraction of sp³-hybridized carbons (Fsp3) is 0.667. The van der Waals surface area contributed by atoms with E-state index in [0.29, 0.717) is 0 Å². The van der Waals surface area contributed by atoms with Crippen molar-refractivity contribution in [1.82, 2.24) is 0 Å². The van der Waals surface area contributed by atoms with Crippen LogP contribution in [0.3, 0.4) is 0 Å². The SMILES string of the molecule is C=[C](C)[Ti]([CH3])([O]C)[O]C. The summed E-state index contributed by atoms with van der Waals surface area (Å²) < 4.78 is 11.5. The molecule has 0 saturated carbocycles. The van der Waals surface area contributed by atoms with Crippen LogP contribution in [0, 0.1) is 0 Å². The topological polar surface area (TPSA) is 18.5 Å². The van der Waals surface area contributed by atoms with Gasteiger partial charge in [-0.2, -0.15) is 0 Å². The van der Waals surface area contributed by atoms with E-state index in [4.69, 9.17) is 6.64 Å². The van der Waals surface area contributed by atoms with Crippen molar-refractivity contribution in [2.45, 2.75) is 12.2 Å². The second kappa shape index (κ2) is 3.52. The first-order chi connectivity index (χ1) is 4.06. The third kappa shape index (κ3) is 2.22. The van der Waals surface area contributed by atoms with Gasteiger partial charge >= 0.3 is 60.8 Å². The van der Waals surface area contributed by atoms with Crippen LogP contribution >= 0.6 is 0 Å². The molecule has 3 heteroatoms. The zero-order valence-electron chi connectivity index (χ0n) is 6.52. The van der Waals surface area contributed by atoms with E-state index in [1.807, 2.05) is 12.2 Å². The molecule has 0 N–H and O–H groups in total. The molecule has 0 aliphatic heterocycles. The average Bonchev–Trinajstić information content (AvgIpc) is 1.86. The van der Waals surface area contributed by atoms with Gasteiger partial charge in [-0.3, -0.25) is 0 Å². The van der Waals surface area contributed by atoms with Crippen LogP contribution in [0.4, 0.5) is 0 Å². The summed E-state index contributed by atoms with van der Waals surface area (Å²) >= 11 is -2.44. The van der Waals surface area contributed by atoms with Crippen LogP contribution in [0.2, 0.25) is 5.23 Å². The Bertz CT molecular complexity index is 108. The van der Waals surface area contributed by atoms with Crippen LogP contribution in [0.1, 0.15) is 6.92 Å². The predicted octanol–water partition coefficient (Wildman–Crippen LogP) is 1.84. The minimum absolute atomic E-state index is 1.06. The standard InChI is InChI=1S/C3H5.2CH3O.CH3.Ti/c1-3-2;2*1-2;;/h1H2,2H3;2*1H3;1H3;/q;2*-1;;+2. The second-order valence-electron chi connectivity index (χ2n) is 2.13. The summed E-state index contributed by atoms with van der Waals surface area (Å²) in [4.78, 5) is 0. The van der Waals surface area contributed by atoms with Crippen LogP contribution in [-0.2, 0) is 24.0 Å². The molecule has 0 rings (SSSR count). The molecule has 9 heavy (non-hydrogen) atoms. The summed E-state index contributed by atoms with van der Waals surface area (Å²) in [6, 6.07) is 0. The van der Waals surface area contributed by atoms with Gasteiger partial charge < -0.3 is 0 Å². The molecule has 0 saturated heterocycles. The van der Waals surface area contributed by atoms with E-state index < -0.39 is 17.4 Å². The Morgan fingerprint density at radius 1 is 1.33 bits per heavy atom. The van der Waals surface area contributed by atoms with E-state index in [-0.39, 0.29) is 0 Å². The van der Waals surface area contributed by atoms with Crippen LogP contribution in [0.15, 0.2) is 10.5 Å². The Labute approximate surface area is 61.2 Å². The Morgan fingerprint density at radius 2 is 1.67 bits per heavy atom. The maximum atomic E-state index is 5.21. The van der Waals surface area contributed by atoms with Crippen molar-refractivity contribution in [3.05, 3.63) is 10.5 Å². The third-order valence-corrected chi connectivity index (χ3v) is 6.41. The van der Waals surface area contributed by atoms with E-state index in [1.165, 1.54) is 0 Å². The Hall–Kier alpha value is 0.374. The molecule has 0 atom stereocenters. The fourth-order valence-corrected chi connectivity index (χ4v) is 1.78. The number of hydrogen-bond acceptors (Lipinski definition) is 2. The zero-order chi connectivity index (χ0) is 7.49. The van der Waals surface area contributed by atoms with Crippen molar-refractivity contribution in [1.29, 1.82) is 0 Å². The molecule has 0 aromatic carbocycles. The summed E-state index contributed by atoms with van der Waals surface area (Å²) in [7, 11) is 3.36. The number of hydrogen-bond donors (Lipinski definition) is 0. The van der Waals surface area contributed by atoms with Gasteiger partial charge in [0.25, 0.3) is 0 Å². The van der Waals surface area contributed by atoms with Crippen LogP contribution in [0.5, 0.6) is 0 Å². The summed E-state index contributed by atoms with van der Waals surface area (Å²) in [5.41, 5.74) is 0. The van der Waals surface area contributed by atoms with Crippen LogP contribution in [0.25, 0.3) is 0 Å². The molecule has 0 aliphatic rings. The van der Waals surface area contributed by atoms with E-state index in [9.17, 15) is 0 Å². The van der Waals surface area contributed by atoms with Gasteiger partial charge in [-0.1, -0.05) is 0 Å². The Balaban J connectivity index is 4.09. The Morgan fingerprint density at radius 3 is 1.67 bits per heavy atom. The molecule has 0 aliphatic carbocycles. The molecule has 0 aromatic heterocycles. The average molecular weight is 166 g/mol. The predicted molar refractivity (Wildman–Crippen MR) is 34.7 cm³/mol. The molecule has 0 aromatic rings. The molecular weight excluding hydrogens is 152 g/mol. The second-order valence-corrected chi connectivity index (χ2v) is 7.70. The molecule has 0 amide bonds. The first-order valence-corrected chi connectivity index (χ1v) is 6.45. The summed E-state index contributed by atoms with van der Waals surface area (Å²) in [5.74, 6) is 0. The van der Waals surface area contributed by atoms with Crippen molar-refractivity contribution >= 4 is 0 Å². The molecule has 0 spiro atoms. The van der Waals surface area contributed by atoms with Crippen LogP contribution in [-0.4, -0.2) is 14.2 Å². The Kier molecular flexibility index (Phi) is 3.67. The van der Waals surface area contributed by atoms with Gasteiger partial charge in [-0.05, 0) is 0 Å². The van der Waals surface area contributed by atoms with Gasteiger partial charge in [0.1, 0.15) is 0 Å². The zero-order valence-corrected chi connectivity index (χ0v) is 8.09. The molecule has 2 nitrogen and oxygen atoms in total. The third-order valence-electron chi connectivity index (χ3n) is 1.55. The van der Waals surface area contributed by atoms with Crippen molar-refractivity contribution in [3.63, 3.8) is 0 Å². The van der Waals surface area contributed by atoms with E-state index in [0.717, 1.165) is 3.88 Å². The first-order valence-electron chi connectivity index (χ1n) is 2.83. The normalized spacial score (nSPS) is 11.6. The molecule has 54 valence electrons. The van der Waals surface area contributed by atoms with E-state index >= 15 is 0 Å². The van der Waals surface area contributed by atoms with Crippen molar-refractivity contribution in [3.8, 4) is 0 Å². The van der Waals surface area contributed by atoms with Crippen LogP contribution < -0.4 is 0 Å². The van der Waals surface area contributed by atoms with Gasteiger partial charge in [0.05, 0.1) is 0 Å². The first kappa shape index (κ1) is 9.37. The van der Waals surface area contributed by atoms with E-state index in [2.05, 4.69) is 6.58 Å². The minimum atomic E-state index is -2.44. The van der Waals surface area contributed by atoms with Gasteiger partial charge in [0.15, 0.2) is 0 Å². The van der Waals surface area contributed by atoms with Crippen molar-refractivity contribution in [2.24, 2.45) is 0 Å². The molecule has 0 heterocycles. The van der Waals surface area contributed by atoms with Gasteiger partial charge in [-0.15, -0.1) is 0 Å². The fourth-order valence-electron chi connectivity index (χ4n) is 0.432. The van der Waals surface area contributed by atoms with Gasteiger partial charge in [0.2, 0.25) is 0 Å². The maximum absolute atomic E-state index is 5.21. The van der Waals surface area contributed by atoms with Crippen molar-refractivity contribution in [2.75, 3.05) is 14.2 Å².